The van der Waals surface area contributed by atoms with Crippen molar-refractivity contribution in [2.24, 2.45) is 11.8 Å². The van der Waals surface area contributed by atoms with Crippen LogP contribution < -0.4 is 0 Å². The van der Waals surface area contributed by atoms with Gasteiger partial charge >= 0.3 is 0 Å². The average Bonchev–Trinajstić information content (AvgIpc) is 2.69. The third kappa shape index (κ3) is 2.21. The van der Waals surface area contributed by atoms with E-state index in [-0.39, 0.29) is 17.4 Å². The van der Waals surface area contributed by atoms with Gasteiger partial charge in [-0.15, -0.1) is 0 Å². The second-order valence-electron chi connectivity index (χ2n) is 4.63. The van der Waals surface area contributed by atoms with Crippen LogP contribution in [0.1, 0.15) is 36.5 Å². The molecule has 1 aromatic rings. The minimum Gasteiger partial charge on any atom is -0.294 e. The molecular weight excluding hydrogens is 229 g/mol. The lowest BCUT2D eigenvalue weighted by Gasteiger charge is -2.14. The van der Waals surface area contributed by atoms with Crippen LogP contribution in [0.4, 0.5) is 13.2 Å². The van der Waals surface area contributed by atoms with Crippen molar-refractivity contribution in [3.8, 4) is 0 Å². The first-order valence-electron chi connectivity index (χ1n) is 5.69. The number of Topliss-reactive ketones (excluding diaryl/α,β-unsaturated/α-hetero) is 1. The van der Waals surface area contributed by atoms with Gasteiger partial charge in [0, 0.05) is 12.0 Å². The van der Waals surface area contributed by atoms with Gasteiger partial charge in [-0.2, -0.15) is 0 Å². The van der Waals surface area contributed by atoms with Crippen LogP contribution in [-0.4, -0.2) is 5.78 Å². The van der Waals surface area contributed by atoms with Crippen LogP contribution in [0.25, 0.3) is 0 Å². The number of halogens is 3. The first kappa shape index (κ1) is 12.1. The zero-order valence-corrected chi connectivity index (χ0v) is 9.47. The molecule has 2 rings (SSSR count). The van der Waals surface area contributed by atoms with E-state index in [9.17, 15) is 18.0 Å². The van der Waals surface area contributed by atoms with Gasteiger partial charge in [-0.05, 0) is 24.8 Å². The Bertz CT molecular complexity index is 456. The molecule has 17 heavy (non-hydrogen) atoms. The molecular formula is C13H13F3O. The molecule has 1 saturated carbocycles. The summed E-state index contributed by atoms with van der Waals surface area (Å²) in [4.78, 5) is 12.0. The highest BCUT2D eigenvalue weighted by Crippen LogP contribution is 2.34. The smallest absolute Gasteiger partial charge is 0.169 e. The zero-order chi connectivity index (χ0) is 12.6. The molecule has 1 fully saturated rings. The van der Waals surface area contributed by atoms with Crippen LogP contribution in [-0.2, 0) is 0 Å². The highest BCUT2D eigenvalue weighted by Gasteiger charge is 2.32. The van der Waals surface area contributed by atoms with Crippen LogP contribution in [0.2, 0.25) is 0 Å². The lowest BCUT2D eigenvalue weighted by molar-refractivity contribution is 0.0892. The number of carbonyl (C=O) groups is 1. The van der Waals surface area contributed by atoms with Crippen molar-refractivity contribution in [3.05, 3.63) is 35.1 Å². The van der Waals surface area contributed by atoms with Gasteiger partial charge in [-0.3, -0.25) is 4.79 Å². The summed E-state index contributed by atoms with van der Waals surface area (Å²) in [5.74, 6) is -3.93. The third-order valence-electron chi connectivity index (χ3n) is 3.47. The largest absolute Gasteiger partial charge is 0.294 e. The Morgan fingerprint density at radius 2 is 1.76 bits per heavy atom. The predicted molar refractivity (Wildman–Crippen MR) is 57.2 cm³/mol. The fraction of sp³-hybridized carbons (Fsp3) is 0.462. The predicted octanol–water partition coefficient (Wildman–Crippen LogP) is 3.72. The van der Waals surface area contributed by atoms with Crippen molar-refractivity contribution < 1.29 is 18.0 Å². The van der Waals surface area contributed by atoms with Gasteiger partial charge < -0.3 is 0 Å². The Hall–Kier alpha value is -1.32. The Morgan fingerprint density at radius 1 is 1.12 bits per heavy atom. The Morgan fingerprint density at radius 3 is 2.35 bits per heavy atom. The highest BCUT2D eigenvalue weighted by atomic mass is 19.2. The lowest BCUT2D eigenvalue weighted by atomic mass is 9.89. The van der Waals surface area contributed by atoms with Crippen LogP contribution >= 0.6 is 0 Å². The van der Waals surface area contributed by atoms with Gasteiger partial charge in [0.15, 0.2) is 17.4 Å². The van der Waals surface area contributed by atoms with E-state index in [1.54, 1.807) is 0 Å². The normalized spacial score (nSPS) is 24.0. The topological polar surface area (TPSA) is 17.1 Å². The number of rotatable bonds is 2. The zero-order valence-electron chi connectivity index (χ0n) is 9.47. The van der Waals surface area contributed by atoms with Gasteiger partial charge in [0.1, 0.15) is 5.82 Å². The van der Waals surface area contributed by atoms with E-state index in [0.717, 1.165) is 12.8 Å². The van der Waals surface area contributed by atoms with Gasteiger partial charge in [0.25, 0.3) is 0 Å². The van der Waals surface area contributed by atoms with E-state index >= 15 is 0 Å². The molecule has 0 aliphatic heterocycles. The summed E-state index contributed by atoms with van der Waals surface area (Å²) in [6.07, 6.45) is 2.53. The third-order valence-corrected chi connectivity index (χ3v) is 3.47. The van der Waals surface area contributed by atoms with Crippen molar-refractivity contribution in [3.63, 3.8) is 0 Å². The van der Waals surface area contributed by atoms with Crippen molar-refractivity contribution in [2.45, 2.75) is 26.2 Å². The van der Waals surface area contributed by atoms with Crippen molar-refractivity contribution in [2.75, 3.05) is 0 Å². The summed E-state index contributed by atoms with van der Waals surface area (Å²) in [6, 6.07) is 1.10. The fourth-order valence-electron chi connectivity index (χ4n) is 2.45. The van der Waals surface area contributed by atoms with Crippen LogP contribution in [0.5, 0.6) is 0 Å². The molecule has 1 nitrogen and oxygen atoms in total. The van der Waals surface area contributed by atoms with E-state index in [1.807, 2.05) is 6.92 Å². The monoisotopic (exact) mass is 242 g/mol. The van der Waals surface area contributed by atoms with Gasteiger partial charge in [0.05, 0.1) is 5.56 Å². The summed E-state index contributed by atoms with van der Waals surface area (Å²) in [5, 5.41) is 0. The van der Waals surface area contributed by atoms with E-state index < -0.39 is 23.2 Å². The maximum Gasteiger partial charge on any atom is 0.169 e. The molecule has 92 valence electrons. The number of hydrogen-bond donors (Lipinski definition) is 0. The quantitative estimate of drug-likeness (QED) is 0.570. The standard InChI is InChI=1S/C13H13F3O/c1-7-3-2-4-8(7)13(17)9-5-11(15)12(16)6-10(9)14/h5-8H,2-4H2,1H3. The maximum absolute atomic E-state index is 13.4. The Labute approximate surface area is 97.6 Å². The molecule has 4 heteroatoms. The Balaban J connectivity index is 2.34. The summed E-state index contributed by atoms with van der Waals surface area (Å²) in [7, 11) is 0. The molecule has 0 heterocycles. The summed E-state index contributed by atoms with van der Waals surface area (Å²) < 4.78 is 39.2. The first-order chi connectivity index (χ1) is 8.00. The maximum atomic E-state index is 13.4. The molecule has 0 radical (unpaired) electrons. The minimum absolute atomic E-state index is 0.176. The van der Waals surface area contributed by atoms with Crippen LogP contribution in [0.15, 0.2) is 12.1 Å². The molecule has 2 unspecified atom stereocenters. The first-order valence-corrected chi connectivity index (χ1v) is 5.69. The summed E-state index contributed by atoms with van der Waals surface area (Å²) in [6.45, 7) is 1.92. The fourth-order valence-corrected chi connectivity index (χ4v) is 2.45. The van der Waals surface area contributed by atoms with Gasteiger partial charge in [-0.1, -0.05) is 13.3 Å². The van der Waals surface area contributed by atoms with Crippen LogP contribution in [0, 0.1) is 29.3 Å². The van der Waals surface area contributed by atoms with E-state index in [1.165, 1.54) is 0 Å². The molecule has 0 spiro atoms. The van der Waals surface area contributed by atoms with Crippen molar-refractivity contribution in [1.29, 1.82) is 0 Å². The molecule has 0 amide bonds. The molecule has 0 aromatic heterocycles. The van der Waals surface area contributed by atoms with E-state index in [0.29, 0.717) is 18.6 Å². The SMILES string of the molecule is CC1CCCC1C(=O)c1cc(F)c(F)cc1F. The molecule has 1 aliphatic rings. The van der Waals surface area contributed by atoms with Crippen molar-refractivity contribution in [1.82, 2.24) is 0 Å². The minimum atomic E-state index is -1.27. The molecule has 0 saturated heterocycles. The van der Waals surface area contributed by atoms with Crippen LogP contribution in [0.3, 0.4) is 0 Å². The number of ketones is 1. The summed E-state index contributed by atoms with van der Waals surface area (Å²) >= 11 is 0. The summed E-state index contributed by atoms with van der Waals surface area (Å²) in [5.41, 5.74) is -0.331. The second kappa shape index (κ2) is 4.51. The van der Waals surface area contributed by atoms with Crippen molar-refractivity contribution >= 4 is 5.78 Å². The second-order valence-corrected chi connectivity index (χ2v) is 4.63. The lowest BCUT2D eigenvalue weighted by Crippen LogP contribution is -2.19. The van der Waals surface area contributed by atoms with E-state index in [4.69, 9.17) is 0 Å². The number of hydrogen-bond acceptors (Lipinski definition) is 1. The molecule has 1 aliphatic carbocycles. The molecule has 0 N–H and O–H groups in total. The molecule has 0 bridgehead atoms. The number of benzene rings is 1. The van der Waals surface area contributed by atoms with Gasteiger partial charge in [-0.25, -0.2) is 13.2 Å². The highest BCUT2D eigenvalue weighted by molar-refractivity contribution is 5.98. The number of carbonyl (C=O) groups excluding carboxylic acids is 1. The van der Waals surface area contributed by atoms with Gasteiger partial charge in [0.2, 0.25) is 0 Å². The average molecular weight is 242 g/mol. The molecule has 1 aromatic carbocycles. The Kier molecular flexibility index (Phi) is 3.22. The molecule has 2 atom stereocenters. The van der Waals surface area contributed by atoms with E-state index in [2.05, 4.69) is 0 Å².